The molecule has 2 nitrogen and oxygen atoms in total. The van der Waals surface area contributed by atoms with E-state index >= 15 is 0 Å². The highest BCUT2D eigenvalue weighted by molar-refractivity contribution is 5.45. The zero-order valence-corrected chi connectivity index (χ0v) is 8.62. The van der Waals surface area contributed by atoms with Crippen molar-refractivity contribution in [2.75, 3.05) is 13.2 Å². The van der Waals surface area contributed by atoms with Crippen LogP contribution in [0.2, 0.25) is 0 Å². The van der Waals surface area contributed by atoms with E-state index in [0.717, 1.165) is 31.7 Å². The molecule has 0 fully saturated rings. The van der Waals surface area contributed by atoms with Crippen molar-refractivity contribution < 1.29 is 4.74 Å². The third kappa shape index (κ3) is 1.62. The summed E-state index contributed by atoms with van der Waals surface area (Å²) in [5.41, 5.74) is 8.34. The van der Waals surface area contributed by atoms with Gasteiger partial charge in [-0.25, -0.2) is 0 Å². The highest BCUT2D eigenvalue weighted by atomic mass is 16.5. The molecule has 1 aliphatic rings. The Kier molecular flexibility index (Phi) is 2.73. The van der Waals surface area contributed by atoms with Crippen LogP contribution in [-0.4, -0.2) is 13.2 Å². The monoisotopic (exact) mass is 191 g/mol. The standard InChI is InChI=1S/C12H17NO/c1-9-8-14-11-6-2-4-10(12(9)11)5-3-7-13/h2,4,6,9H,3,5,7-8,13H2,1H3. The third-order valence-electron chi connectivity index (χ3n) is 2.79. The predicted molar refractivity (Wildman–Crippen MR) is 57.7 cm³/mol. The number of nitrogens with two attached hydrogens (primary N) is 1. The van der Waals surface area contributed by atoms with Gasteiger partial charge in [-0.1, -0.05) is 19.1 Å². The van der Waals surface area contributed by atoms with Crippen molar-refractivity contribution in [3.8, 4) is 5.75 Å². The van der Waals surface area contributed by atoms with Crippen molar-refractivity contribution in [1.82, 2.24) is 0 Å². The first kappa shape index (κ1) is 9.53. The van der Waals surface area contributed by atoms with Crippen molar-refractivity contribution in [3.05, 3.63) is 29.3 Å². The lowest BCUT2D eigenvalue weighted by molar-refractivity contribution is 0.337. The van der Waals surface area contributed by atoms with Gasteiger partial charge in [-0.3, -0.25) is 0 Å². The second kappa shape index (κ2) is 4.01. The van der Waals surface area contributed by atoms with Crippen LogP contribution in [0.1, 0.15) is 30.4 Å². The molecule has 0 bridgehead atoms. The maximum absolute atomic E-state index is 5.60. The summed E-state index contributed by atoms with van der Waals surface area (Å²) < 4.78 is 5.60. The van der Waals surface area contributed by atoms with Crippen LogP contribution in [0.3, 0.4) is 0 Å². The molecule has 0 saturated heterocycles. The molecular weight excluding hydrogens is 174 g/mol. The number of ether oxygens (including phenoxy) is 1. The number of aryl methyl sites for hydroxylation is 1. The Balaban J connectivity index is 2.27. The average molecular weight is 191 g/mol. The van der Waals surface area contributed by atoms with E-state index in [-0.39, 0.29) is 0 Å². The van der Waals surface area contributed by atoms with Gasteiger partial charge in [0.25, 0.3) is 0 Å². The minimum absolute atomic E-state index is 0.541. The molecule has 2 N–H and O–H groups in total. The minimum Gasteiger partial charge on any atom is -0.493 e. The molecule has 0 spiro atoms. The molecule has 0 aromatic heterocycles. The van der Waals surface area contributed by atoms with E-state index < -0.39 is 0 Å². The Bertz CT molecular complexity index is 322. The molecule has 1 unspecified atom stereocenters. The first-order valence-electron chi connectivity index (χ1n) is 5.27. The van der Waals surface area contributed by atoms with Gasteiger partial charge in [-0.15, -0.1) is 0 Å². The number of benzene rings is 1. The van der Waals surface area contributed by atoms with Crippen LogP contribution < -0.4 is 10.5 Å². The molecule has 2 heteroatoms. The summed E-state index contributed by atoms with van der Waals surface area (Å²) in [6.45, 7) is 3.81. The van der Waals surface area contributed by atoms with E-state index in [1.54, 1.807) is 0 Å². The fourth-order valence-corrected chi connectivity index (χ4v) is 2.08. The van der Waals surface area contributed by atoms with Gasteiger partial charge in [-0.05, 0) is 31.0 Å². The minimum atomic E-state index is 0.541. The SMILES string of the molecule is CC1COc2cccc(CCCN)c21. The molecule has 2 rings (SSSR count). The van der Waals surface area contributed by atoms with Crippen molar-refractivity contribution in [1.29, 1.82) is 0 Å². The highest BCUT2D eigenvalue weighted by Crippen LogP contribution is 2.36. The van der Waals surface area contributed by atoms with Gasteiger partial charge in [0, 0.05) is 11.5 Å². The zero-order valence-electron chi connectivity index (χ0n) is 8.62. The average Bonchev–Trinajstić information content (AvgIpc) is 2.58. The molecule has 1 aromatic rings. The summed E-state index contributed by atoms with van der Waals surface area (Å²) in [5, 5.41) is 0. The van der Waals surface area contributed by atoms with Gasteiger partial charge in [0.2, 0.25) is 0 Å². The van der Waals surface area contributed by atoms with Crippen LogP contribution in [-0.2, 0) is 6.42 Å². The Morgan fingerprint density at radius 3 is 3.14 bits per heavy atom. The molecular formula is C12H17NO. The first-order chi connectivity index (χ1) is 6.83. The van der Waals surface area contributed by atoms with Crippen LogP contribution in [0.25, 0.3) is 0 Å². The molecule has 0 saturated carbocycles. The molecule has 14 heavy (non-hydrogen) atoms. The first-order valence-corrected chi connectivity index (χ1v) is 5.27. The van der Waals surface area contributed by atoms with E-state index in [1.807, 2.05) is 0 Å². The Labute approximate surface area is 85.1 Å². The van der Waals surface area contributed by atoms with Crippen molar-refractivity contribution >= 4 is 0 Å². The van der Waals surface area contributed by atoms with Gasteiger partial charge in [0.15, 0.2) is 0 Å². The lowest BCUT2D eigenvalue weighted by atomic mass is 9.95. The van der Waals surface area contributed by atoms with E-state index in [4.69, 9.17) is 10.5 Å². The zero-order chi connectivity index (χ0) is 9.97. The van der Waals surface area contributed by atoms with E-state index in [0.29, 0.717) is 5.92 Å². The van der Waals surface area contributed by atoms with Crippen LogP contribution in [0.15, 0.2) is 18.2 Å². The largest absolute Gasteiger partial charge is 0.493 e. The van der Waals surface area contributed by atoms with E-state index in [2.05, 4.69) is 25.1 Å². The quantitative estimate of drug-likeness (QED) is 0.793. The lowest BCUT2D eigenvalue weighted by Crippen LogP contribution is -2.03. The maximum atomic E-state index is 5.60. The molecule has 76 valence electrons. The van der Waals surface area contributed by atoms with E-state index in [9.17, 15) is 0 Å². The molecule has 1 aliphatic heterocycles. The summed E-state index contributed by atoms with van der Waals surface area (Å²) in [6.07, 6.45) is 2.14. The number of hydrogen-bond acceptors (Lipinski definition) is 2. The van der Waals surface area contributed by atoms with Gasteiger partial charge < -0.3 is 10.5 Å². The molecule has 0 radical (unpaired) electrons. The van der Waals surface area contributed by atoms with Crippen molar-refractivity contribution in [3.63, 3.8) is 0 Å². The fraction of sp³-hybridized carbons (Fsp3) is 0.500. The molecule has 1 heterocycles. The van der Waals surface area contributed by atoms with Gasteiger partial charge >= 0.3 is 0 Å². The number of hydrogen-bond donors (Lipinski definition) is 1. The summed E-state index contributed by atoms with van der Waals surface area (Å²) in [6, 6.07) is 6.33. The summed E-state index contributed by atoms with van der Waals surface area (Å²) in [4.78, 5) is 0. The highest BCUT2D eigenvalue weighted by Gasteiger charge is 2.22. The maximum Gasteiger partial charge on any atom is 0.123 e. The van der Waals surface area contributed by atoms with Crippen LogP contribution in [0, 0.1) is 0 Å². The molecule has 0 amide bonds. The van der Waals surface area contributed by atoms with E-state index in [1.165, 1.54) is 11.1 Å². The van der Waals surface area contributed by atoms with Gasteiger partial charge in [0.05, 0.1) is 6.61 Å². The lowest BCUT2D eigenvalue weighted by Gasteiger charge is -2.08. The summed E-state index contributed by atoms with van der Waals surface area (Å²) in [5.74, 6) is 1.62. The third-order valence-corrected chi connectivity index (χ3v) is 2.79. The van der Waals surface area contributed by atoms with Crippen LogP contribution >= 0.6 is 0 Å². The van der Waals surface area contributed by atoms with Crippen molar-refractivity contribution in [2.24, 2.45) is 5.73 Å². The Morgan fingerprint density at radius 1 is 1.50 bits per heavy atom. The second-order valence-corrected chi connectivity index (χ2v) is 3.93. The Hall–Kier alpha value is -1.02. The molecule has 1 atom stereocenters. The van der Waals surface area contributed by atoms with Crippen LogP contribution in [0.4, 0.5) is 0 Å². The van der Waals surface area contributed by atoms with Crippen LogP contribution in [0.5, 0.6) is 5.75 Å². The fourth-order valence-electron chi connectivity index (χ4n) is 2.08. The smallest absolute Gasteiger partial charge is 0.123 e. The predicted octanol–water partition coefficient (Wildman–Crippen LogP) is 2.07. The van der Waals surface area contributed by atoms with Crippen molar-refractivity contribution in [2.45, 2.75) is 25.7 Å². The second-order valence-electron chi connectivity index (χ2n) is 3.93. The number of fused-ring (bicyclic) bond motifs is 1. The topological polar surface area (TPSA) is 35.2 Å². The number of rotatable bonds is 3. The molecule has 1 aromatic carbocycles. The summed E-state index contributed by atoms with van der Waals surface area (Å²) >= 11 is 0. The Morgan fingerprint density at radius 2 is 2.36 bits per heavy atom. The normalized spacial score (nSPS) is 19.1. The summed E-state index contributed by atoms with van der Waals surface area (Å²) in [7, 11) is 0. The van der Waals surface area contributed by atoms with Gasteiger partial charge in [-0.2, -0.15) is 0 Å². The van der Waals surface area contributed by atoms with Gasteiger partial charge in [0.1, 0.15) is 5.75 Å². The molecule has 0 aliphatic carbocycles.